The quantitative estimate of drug-likeness (QED) is 0.349. The summed E-state index contributed by atoms with van der Waals surface area (Å²) in [6, 6.07) is -0.00842. The van der Waals surface area contributed by atoms with Crippen molar-refractivity contribution in [2.45, 2.75) is 58.9 Å². The minimum atomic E-state index is -1.54. The monoisotopic (exact) mass is 468 g/mol. The summed E-state index contributed by atoms with van der Waals surface area (Å²) in [6.45, 7) is 8.59. The number of carbonyl (C=O) groups is 4. The summed E-state index contributed by atoms with van der Waals surface area (Å²) in [6.07, 6.45) is 2.56. The minimum Gasteiger partial charge on any atom is -0.507 e. The molecule has 2 heterocycles. The topological polar surface area (TPSA) is 133 Å². The molecule has 3 N–H and O–H groups in total. The van der Waals surface area contributed by atoms with E-state index in [-0.39, 0.29) is 51.5 Å². The highest BCUT2D eigenvalue weighted by Crippen LogP contribution is 2.57. The average Bonchev–Trinajstić information content (AvgIpc) is 3.05. The Bertz CT molecular complexity index is 1220. The molecule has 9 heteroatoms. The lowest BCUT2D eigenvalue weighted by molar-refractivity contribution is -0.130. The predicted octanol–water partition coefficient (Wildman–Crippen LogP) is 2.17. The Hall–Kier alpha value is -3.62. The number of fused-ring (bicyclic) bond motifs is 3. The summed E-state index contributed by atoms with van der Waals surface area (Å²) in [7, 11) is 0. The summed E-state index contributed by atoms with van der Waals surface area (Å²) in [5.74, 6) is -2.45. The first-order valence-electron chi connectivity index (χ1n) is 11.2. The molecule has 1 amide bonds. The number of allylic oxidation sites excluding steroid dienone is 4. The molecule has 1 atom stereocenters. The van der Waals surface area contributed by atoms with Crippen LogP contribution in [0.4, 0.5) is 0 Å². The number of aromatic hydroxyl groups is 2. The fourth-order valence-corrected chi connectivity index (χ4v) is 5.08. The van der Waals surface area contributed by atoms with E-state index in [1.807, 2.05) is 0 Å². The maximum atomic E-state index is 13.8. The van der Waals surface area contributed by atoms with Crippen molar-refractivity contribution >= 4 is 23.3 Å². The number of piperidine rings is 1. The lowest BCUT2D eigenvalue weighted by Gasteiger charge is -2.33. The van der Waals surface area contributed by atoms with Gasteiger partial charge in [-0.2, -0.15) is 0 Å². The molecule has 1 fully saturated rings. The van der Waals surface area contributed by atoms with Crippen molar-refractivity contribution in [3.8, 4) is 17.2 Å². The number of ketones is 3. The van der Waals surface area contributed by atoms with E-state index < -0.39 is 28.5 Å². The van der Waals surface area contributed by atoms with E-state index in [9.17, 15) is 29.4 Å². The largest absolute Gasteiger partial charge is 0.507 e. The first-order valence-corrected chi connectivity index (χ1v) is 11.2. The minimum absolute atomic E-state index is 0.00613. The molecule has 180 valence electrons. The molecule has 1 aliphatic carbocycles. The molecular formula is C25H28N2O7. The Morgan fingerprint density at radius 3 is 2.29 bits per heavy atom. The second kappa shape index (κ2) is 8.00. The lowest BCUT2D eigenvalue weighted by atomic mass is 9.70. The molecule has 0 aromatic heterocycles. The van der Waals surface area contributed by atoms with Crippen LogP contribution in [0.3, 0.4) is 0 Å². The fraction of sp³-hybridized carbons (Fsp3) is 0.440. The van der Waals surface area contributed by atoms with Gasteiger partial charge < -0.3 is 25.2 Å². The Morgan fingerprint density at radius 2 is 1.74 bits per heavy atom. The third-order valence-electron chi connectivity index (χ3n) is 7.12. The van der Waals surface area contributed by atoms with Gasteiger partial charge in [-0.25, -0.2) is 0 Å². The van der Waals surface area contributed by atoms with Crippen LogP contribution in [-0.2, 0) is 19.8 Å². The van der Waals surface area contributed by atoms with Crippen LogP contribution < -0.4 is 10.1 Å². The Morgan fingerprint density at radius 1 is 1.12 bits per heavy atom. The van der Waals surface area contributed by atoms with Crippen molar-refractivity contribution in [3.05, 3.63) is 39.8 Å². The number of Topliss-reactive ketones (excluding diaryl/α,β-unsaturated/α-hetero) is 2. The Labute approximate surface area is 197 Å². The molecule has 1 saturated heterocycles. The van der Waals surface area contributed by atoms with Crippen molar-refractivity contribution in [1.82, 2.24) is 10.2 Å². The molecular weight excluding hydrogens is 440 g/mol. The molecule has 3 aliphatic rings. The molecule has 0 saturated carbocycles. The van der Waals surface area contributed by atoms with Crippen LogP contribution in [0.25, 0.3) is 0 Å². The van der Waals surface area contributed by atoms with Gasteiger partial charge in [0.05, 0.1) is 11.1 Å². The molecule has 2 aliphatic heterocycles. The molecule has 1 aromatic carbocycles. The zero-order chi connectivity index (χ0) is 25.1. The number of phenolic OH excluding ortho intramolecular Hbond substituents is 2. The maximum absolute atomic E-state index is 13.8. The van der Waals surface area contributed by atoms with Crippen LogP contribution in [0.5, 0.6) is 17.2 Å². The van der Waals surface area contributed by atoms with E-state index in [0.717, 1.165) is 0 Å². The lowest BCUT2D eigenvalue weighted by Crippen LogP contribution is -2.45. The van der Waals surface area contributed by atoms with Gasteiger partial charge in [-0.1, -0.05) is 0 Å². The van der Waals surface area contributed by atoms with E-state index in [1.165, 1.54) is 33.8 Å². The van der Waals surface area contributed by atoms with Crippen molar-refractivity contribution in [2.24, 2.45) is 0 Å². The summed E-state index contributed by atoms with van der Waals surface area (Å²) in [4.78, 5) is 52.4. The molecule has 1 aromatic rings. The van der Waals surface area contributed by atoms with E-state index in [2.05, 4.69) is 5.32 Å². The zero-order valence-corrected chi connectivity index (χ0v) is 19.9. The maximum Gasteiger partial charge on any atom is 0.219 e. The van der Waals surface area contributed by atoms with E-state index in [4.69, 9.17) is 4.74 Å². The molecule has 4 rings (SSSR count). The van der Waals surface area contributed by atoms with Gasteiger partial charge in [-0.15, -0.1) is 0 Å². The number of ether oxygens (including phenoxy) is 1. The Balaban J connectivity index is 1.76. The first-order chi connectivity index (χ1) is 15.9. The predicted molar refractivity (Wildman–Crippen MR) is 122 cm³/mol. The van der Waals surface area contributed by atoms with Crippen LogP contribution in [0, 0.1) is 6.92 Å². The van der Waals surface area contributed by atoms with E-state index >= 15 is 0 Å². The summed E-state index contributed by atoms with van der Waals surface area (Å²) in [5.41, 5.74) is -1.20. The molecule has 0 bridgehead atoms. The van der Waals surface area contributed by atoms with Gasteiger partial charge in [0.25, 0.3) is 0 Å². The fourth-order valence-electron chi connectivity index (χ4n) is 5.08. The van der Waals surface area contributed by atoms with Crippen molar-refractivity contribution in [2.75, 3.05) is 13.1 Å². The van der Waals surface area contributed by atoms with Gasteiger partial charge in [-0.3, -0.25) is 19.2 Å². The summed E-state index contributed by atoms with van der Waals surface area (Å²) < 4.78 is 5.77. The Kier molecular flexibility index (Phi) is 5.54. The van der Waals surface area contributed by atoms with Gasteiger partial charge in [0.2, 0.25) is 5.91 Å². The SMILES string of the molecule is CC(=O)c1c(O)c(C)c(O)c2c1OC1=CC(=O)/C(=C(/C)NC3CCN(C(C)=O)CC3)C(=O)[C@]12C. The normalized spacial score (nSPS) is 23.7. The second-order valence-corrected chi connectivity index (χ2v) is 9.31. The average molecular weight is 469 g/mol. The van der Waals surface area contributed by atoms with E-state index in [1.54, 1.807) is 11.8 Å². The summed E-state index contributed by atoms with van der Waals surface area (Å²) in [5, 5.41) is 24.6. The van der Waals surface area contributed by atoms with E-state index in [0.29, 0.717) is 31.6 Å². The van der Waals surface area contributed by atoms with Crippen LogP contribution in [0.1, 0.15) is 62.0 Å². The number of nitrogens with one attached hydrogen (secondary N) is 1. The number of likely N-dealkylation sites (tertiary alicyclic amines) is 1. The smallest absolute Gasteiger partial charge is 0.219 e. The molecule has 34 heavy (non-hydrogen) atoms. The van der Waals surface area contributed by atoms with Crippen LogP contribution >= 0.6 is 0 Å². The number of nitrogens with zero attached hydrogens (tertiary/aromatic N) is 1. The van der Waals surface area contributed by atoms with Crippen LogP contribution in [0.2, 0.25) is 0 Å². The highest BCUT2D eigenvalue weighted by atomic mass is 16.5. The van der Waals surface area contributed by atoms with Gasteiger partial charge in [0.1, 0.15) is 34.0 Å². The molecule has 0 spiro atoms. The van der Waals surface area contributed by atoms with Crippen molar-refractivity contribution in [1.29, 1.82) is 0 Å². The standard InChI is InChI=1S/C25H28N2O7/c1-11-21(31)19(13(3)28)23-20(22(11)32)25(5)17(34-23)10-16(30)18(24(25)33)12(2)26-15-6-8-27(9-7-15)14(4)29/h10,15,26,31-32H,6-9H2,1-5H3/b18-12+/t25-/m1/s1. The zero-order valence-electron chi connectivity index (χ0n) is 19.9. The van der Waals surface area contributed by atoms with Gasteiger partial charge >= 0.3 is 0 Å². The van der Waals surface area contributed by atoms with Gasteiger partial charge in [0, 0.05) is 43.4 Å². The van der Waals surface area contributed by atoms with Gasteiger partial charge in [0.15, 0.2) is 17.3 Å². The number of hydrogen-bond donors (Lipinski definition) is 3. The van der Waals surface area contributed by atoms with Crippen molar-refractivity contribution < 1.29 is 34.1 Å². The molecule has 0 unspecified atom stereocenters. The number of rotatable bonds is 3. The van der Waals surface area contributed by atoms with Gasteiger partial charge in [-0.05, 0) is 40.5 Å². The third kappa shape index (κ3) is 3.29. The third-order valence-corrected chi connectivity index (χ3v) is 7.12. The van der Waals surface area contributed by atoms with Crippen molar-refractivity contribution in [3.63, 3.8) is 0 Å². The molecule has 0 radical (unpaired) electrons. The van der Waals surface area contributed by atoms with Crippen LogP contribution in [0.15, 0.2) is 23.1 Å². The first kappa shape index (κ1) is 23.5. The highest BCUT2D eigenvalue weighted by molar-refractivity contribution is 6.31. The summed E-state index contributed by atoms with van der Waals surface area (Å²) >= 11 is 0. The number of carbonyl (C=O) groups excluding carboxylic acids is 4. The molecule has 9 nitrogen and oxygen atoms in total. The number of hydrogen-bond acceptors (Lipinski definition) is 8. The number of benzene rings is 1. The highest BCUT2D eigenvalue weighted by Gasteiger charge is 2.56. The number of phenols is 2. The van der Waals surface area contributed by atoms with Crippen LogP contribution in [-0.4, -0.2) is 57.5 Å². The number of amides is 1. The second-order valence-electron chi connectivity index (χ2n) is 9.31.